The molecule has 32 heavy (non-hydrogen) atoms. The van der Waals surface area contributed by atoms with Gasteiger partial charge in [0.05, 0.1) is 16.7 Å². The van der Waals surface area contributed by atoms with Crippen LogP contribution in [0.2, 0.25) is 10.0 Å². The zero-order valence-electron chi connectivity index (χ0n) is 17.2. The van der Waals surface area contributed by atoms with Crippen LogP contribution in [0.5, 0.6) is 11.5 Å². The van der Waals surface area contributed by atoms with Crippen LogP contribution in [0.25, 0.3) is 6.08 Å². The van der Waals surface area contributed by atoms with Crippen LogP contribution >= 0.6 is 23.2 Å². The van der Waals surface area contributed by atoms with Crippen LogP contribution < -0.4 is 9.47 Å². The van der Waals surface area contributed by atoms with E-state index in [9.17, 15) is 4.79 Å². The number of esters is 1. The lowest BCUT2D eigenvalue weighted by Gasteiger charge is -2.08. The Labute approximate surface area is 195 Å². The van der Waals surface area contributed by atoms with E-state index >= 15 is 0 Å². The molecule has 0 bridgehead atoms. The van der Waals surface area contributed by atoms with E-state index < -0.39 is 5.97 Å². The van der Waals surface area contributed by atoms with Crippen molar-refractivity contribution < 1.29 is 19.0 Å². The van der Waals surface area contributed by atoms with E-state index in [-0.39, 0.29) is 11.6 Å². The van der Waals surface area contributed by atoms with Gasteiger partial charge in [0.1, 0.15) is 18.1 Å². The number of ether oxygens (including phenoxy) is 3. The smallest absolute Gasteiger partial charge is 0.363 e. The normalized spacial score (nSPS) is 14.3. The molecule has 0 saturated carbocycles. The minimum atomic E-state index is -0.504. The van der Waals surface area contributed by atoms with Gasteiger partial charge in [0, 0.05) is 5.56 Å². The van der Waals surface area contributed by atoms with Gasteiger partial charge in [-0.25, -0.2) is 9.79 Å². The summed E-state index contributed by atoms with van der Waals surface area (Å²) in [6, 6.07) is 19.9. The molecule has 0 amide bonds. The number of aliphatic imine (C=N–C) groups is 1. The number of nitrogens with zero attached hydrogens (tertiary/aromatic N) is 1. The largest absolute Gasteiger partial charge is 0.494 e. The molecule has 0 aliphatic carbocycles. The lowest BCUT2D eigenvalue weighted by Crippen LogP contribution is -2.05. The summed E-state index contributed by atoms with van der Waals surface area (Å²) in [6.07, 6.45) is 1.66. The van der Waals surface area contributed by atoms with Crippen molar-refractivity contribution in [2.24, 2.45) is 4.99 Å². The summed E-state index contributed by atoms with van der Waals surface area (Å²) in [5.41, 5.74) is 2.58. The van der Waals surface area contributed by atoms with Gasteiger partial charge in [-0.2, -0.15) is 0 Å². The third kappa shape index (κ3) is 5.31. The molecule has 0 atom stereocenters. The minimum Gasteiger partial charge on any atom is -0.494 e. The summed E-state index contributed by atoms with van der Waals surface area (Å²) in [6.45, 7) is 2.83. The SMILES string of the molecule is CCOc1ccc(C2=N/C(=C/c3cccc(OCc4ccc(Cl)c(Cl)c4)c3)C(=O)O2)cc1. The Balaban J connectivity index is 1.48. The Hall–Kier alpha value is -3.28. The zero-order valence-corrected chi connectivity index (χ0v) is 18.7. The van der Waals surface area contributed by atoms with Crippen LogP contribution in [0.15, 0.2) is 77.4 Å². The van der Waals surface area contributed by atoms with Crippen molar-refractivity contribution in [2.75, 3.05) is 6.61 Å². The van der Waals surface area contributed by atoms with Gasteiger partial charge in [-0.05, 0) is 72.7 Å². The number of carbonyl (C=O) groups is 1. The van der Waals surface area contributed by atoms with E-state index in [0.29, 0.717) is 34.6 Å². The molecular weight excluding hydrogens is 449 g/mol. The molecule has 162 valence electrons. The molecule has 1 aliphatic rings. The van der Waals surface area contributed by atoms with Crippen molar-refractivity contribution in [3.05, 3.63) is 99.2 Å². The average Bonchev–Trinajstić information content (AvgIpc) is 3.16. The summed E-state index contributed by atoms with van der Waals surface area (Å²) in [7, 11) is 0. The summed E-state index contributed by atoms with van der Waals surface area (Å²) in [4.78, 5) is 16.7. The van der Waals surface area contributed by atoms with Crippen LogP contribution in [0.1, 0.15) is 23.6 Å². The fraction of sp³-hybridized carbons (Fsp3) is 0.120. The number of halogens is 2. The molecule has 1 aliphatic heterocycles. The first-order valence-electron chi connectivity index (χ1n) is 9.94. The molecular formula is C25H19Cl2NO4. The van der Waals surface area contributed by atoms with Gasteiger partial charge in [0.25, 0.3) is 0 Å². The highest BCUT2D eigenvalue weighted by Gasteiger charge is 2.24. The van der Waals surface area contributed by atoms with Crippen molar-refractivity contribution in [1.29, 1.82) is 0 Å². The number of cyclic esters (lactones) is 1. The molecule has 3 aromatic rings. The van der Waals surface area contributed by atoms with E-state index in [1.165, 1.54) is 0 Å². The van der Waals surface area contributed by atoms with Gasteiger partial charge in [-0.1, -0.05) is 41.4 Å². The number of benzene rings is 3. The van der Waals surface area contributed by atoms with Crippen molar-refractivity contribution in [1.82, 2.24) is 0 Å². The summed E-state index contributed by atoms with van der Waals surface area (Å²) in [5.74, 6) is 1.15. The molecule has 0 saturated heterocycles. The van der Waals surface area contributed by atoms with Crippen LogP contribution in [0.3, 0.4) is 0 Å². The maximum absolute atomic E-state index is 12.3. The Morgan fingerprint density at radius 2 is 1.75 bits per heavy atom. The van der Waals surface area contributed by atoms with E-state index in [2.05, 4.69) is 4.99 Å². The van der Waals surface area contributed by atoms with Gasteiger partial charge in [-0.3, -0.25) is 0 Å². The fourth-order valence-electron chi connectivity index (χ4n) is 3.04. The standard InChI is InChI=1S/C25H19Cl2NO4/c1-2-30-19-9-7-18(8-10-19)24-28-23(25(29)32-24)14-16-4-3-5-20(12-16)31-15-17-6-11-21(26)22(27)13-17/h3-14H,2,15H2,1H3/b23-14+. The fourth-order valence-corrected chi connectivity index (χ4v) is 3.36. The summed E-state index contributed by atoms with van der Waals surface area (Å²) >= 11 is 12.0. The van der Waals surface area contributed by atoms with Crippen LogP contribution in [-0.2, 0) is 16.1 Å². The number of rotatable bonds is 7. The Kier molecular flexibility index (Phi) is 6.78. The van der Waals surface area contributed by atoms with Crippen molar-refractivity contribution >= 4 is 41.1 Å². The van der Waals surface area contributed by atoms with Crippen LogP contribution in [-0.4, -0.2) is 18.5 Å². The van der Waals surface area contributed by atoms with Crippen molar-refractivity contribution in [3.63, 3.8) is 0 Å². The Morgan fingerprint density at radius 3 is 2.50 bits per heavy atom. The first-order chi connectivity index (χ1) is 15.5. The summed E-state index contributed by atoms with van der Waals surface area (Å²) < 4.78 is 16.6. The second-order valence-corrected chi connectivity index (χ2v) is 7.72. The van der Waals surface area contributed by atoms with Crippen LogP contribution in [0.4, 0.5) is 0 Å². The van der Waals surface area contributed by atoms with Gasteiger partial charge >= 0.3 is 5.97 Å². The third-order valence-corrected chi connectivity index (χ3v) is 5.32. The minimum absolute atomic E-state index is 0.218. The highest BCUT2D eigenvalue weighted by Crippen LogP contribution is 2.25. The second-order valence-electron chi connectivity index (χ2n) is 6.90. The van der Waals surface area contributed by atoms with E-state index in [1.807, 2.05) is 49.4 Å². The lowest BCUT2D eigenvalue weighted by atomic mass is 10.2. The second kappa shape index (κ2) is 9.90. The van der Waals surface area contributed by atoms with E-state index in [0.717, 1.165) is 16.9 Å². The highest BCUT2D eigenvalue weighted by molar-refractivity contribution is 6.42. The van der Waals surface area contributed by atoms with Crippen molar-refractivity contribution in [3.8, 4) is 11.5 Å². The topological polar surface area (TPSA) is 57.1 Å². The summed E-state index contributed by atoms with van der Waals surface area (Å²) in [5, 5.41) is 0.977. The van der Waals surface area contributed by atoms with Gasteiger partial charge < -0.3 is 14.2 Å². The average molecular weight is 468 g/mol. The molecule has 0 fully saturated rings. The molecule has 3 aromatic carbocycles. The highest BCUT2D eigenvalue weighted by atomic mass is 35.5. The van der Waals surface area contributed by atoms with Gasteiger partial charge in [0.2, 0.25) is 5.90 Å². The molecule has 0 spiro atoms. The van der Waals surface area contributed by atoms with Gasteiger partial charge in [-0.15, -0.1) is 0 Å². The van der Waals surface area contributed by atoms with Gasteiger partial charge in [0.15, 0.2) is 5.70 Å². The van der Waals surface area contributed by atoms with E-state index in [1.54, 1.807) is 30.3 Å². The zero-order chi connectivity index (χ0) is 22.5. The van der Waals surface area contributed by atoms with E-state index in [4.69, 9.17) is 37.4 Å². The maximum Gasteiger partial charge on any atom is 0.363 e. The monoisotopic (exact) mass is 467 g/mol. The molecule has 5 nitrogen and oxygen atoms in total. The first kappa shape index (κ1) is 21.9. The molecule has 1 heterocycles. The number of hydrogen-bond acceptors (Lipinski definition) is 5. The molecule has 0 radical (unpaired) electrons. The number of carbonyl (C=O) groups excluding carboxylic acids is 1. The quantitative estimate of drug-likeness (QED) is 0.301. The molecule has 0 aromatic heterocycles. The Morgan fingerprint density at radius 1 is 0.938 bits per heavy atom. The number of hydrogen-bond donors (Lipinski definition) is 0. The molecule has 0 N–H and O–H groups in total. The molecule has 7 heteroatoms. The molecule has 0 unspecified atom stereocenters. The first-order valence-corrected chi connectivity index (χ1v) is 10.7. The Bertz CT molecular complexity index is 1200. The molecule has 4 rings (SSSR count). The van der Waals surface area contributed by atoms with Crippen molar-refractivity contribution in [2.45, 2.75) is 13.5 Å². The predicted molar refractivity (Wildman–Crippen MR) is 125 cm³/mol. The predicted octanol–water partition coefficient (Wildman–Crippen LogP) is 6.32. The lowest BCUT2D eigenvalue weighted by molar-refractivity contribution is -0.129. The third-order valence-electron chi connectivity index (χ3n) is 4.58. The van der Waals surface area contributed by atoms with Crippen LogP contribution in [0, 0.1) is 0 Å². The maximum atomic E-state index is 12.3.